The van der Waals surface area contributed by atoms with Gasteiger partial charge in [-0.25, -0.2) is 4.98 Å². The first-order valence-electron chi connectivity index (χ1n) is 8.25. The molecule has 0 spiro atoms. The Hall–Kier alpha value is -1.43. The zero-order valence-electron chi connectivity index (χ0n) is 13.9. The lowest BCUT2D eigenvalue weighted by Gasteiger charge is -2.26. The van der Waals surface area contributed by atoms with Gasteiger partial charge in [0.2, 0.25) is 5.91 Å². The fraction of sp³-hybridized carbons (Fsp3) is 0.444. The van der Waals surface area contributed by atoms with Gasteiger partial charge in [0.05, 0.1) is 0 Å². The summed E-state index contributed by atoms with van der Waals surface area (Å²) in [4.78, 5) is 17.9. The minimum absolute atomic E-state index is 0.0760. The van der Waals surface area contributed by atoms with Crippen molar-refractivity contribution in [1.82, 2.24) is 10.3 Å². The van der Waals surface area contributed by atoms with Gasteiger partial charge in [-0.1, -0.05) is 17.7 Å². The topological polar surface area (TPSA) is 54.0 Å². The number of thiazole rings is 1. The van der Waals surface area contributed by atoms with Crippen molar-refractivity contribution < 1.29 is 4.79 Å². The minimum Gasteiger partial charge on any atom is -0.314 e. The largest absolute Gasteiger partial charge is 0.314 e. The highest BCUT2D eigenvalue weighted by molar-refractivity contribution is 7.15. The molecule has 2 aromatic rings. The van der Waals surface area contributed by atoms with Crippen LogP contribution in [-0.2, 0) is 11.2 Å². The summed E-state index contributed by atoms with van der Waals surface area (Å²) in [7, 11) is 0. The van der Waals surface area contributed by atoms with Crippen LogP contribution in [0.1, 0.15) is 35.8 Å². The van der Waals surface area contributed by atoms with E-state index in [2.05, 4.69) is 29.5 Å². The van der Waals surface area contributed by atoms with E-state index in [0.717, 1.165) is 35.7 Å². The Morgan fingerprint density at radius 2 is 2.33 bits per heavy atom. The zero-order valence-corrected chi connectivity index (χ0v) is 15.5. The number of aromatic nitrogens is 1. The van der Waals surface area contributed by atoms with Crippen molar-refractivity contribution in [1.29, 1.82) is 0 Å². The number of carbonyl (C=O) groups excluding carboxylic acids is 1. The van der Waals surface area contributed by atoms with E-state index in [1.54, 1.807) is 11.3 Å². The van der Waals surface area contributed by atoms with E-state index >= 15 is 0 Å². The molecule has 0 unspecified atom stereocenters. The van der Waals surface area contributed by atoms with Gasteiger partial charge in [-0.2, -0.15) is 0 Å². The fourth-order valence-electron chi connectivity index (χ4n) is 3.07. The van der Waals surface area contributed by atoms with Crippen molar-refractivity contribution in [2.75, 3.05) is 11.9 Å². The van der Waals surface area contributed by atoms with Gasteiger partial charge in [0.1, 0.15) is 0 Å². The van der Waals surface area contributed by atoms with Crippen LogP contribution in [0.4, 0.5) is 5.13 Å². The molecule has 2 atom stereocenters. The van der Waals surface area contributed by atoms with E-state index in [1.165, 1.54) is 11.1 Å². The van der Waals surface area contributed by atoms with Crippen LogP contribution in [0.2, 0.25) is 5.02 Å². The van der Waals surface area contributed by atoms with E-state index in [1.807, 2.05) is 24.4 Å². The molecule has 1 fully saturated rings. The second-order valence-corrected chi connectivity index (χ2v) is 8.00. The molecule has 1 saturated heterocycles. The van der Waals surface area contributed by atoms with Gasteiger partial charge in [0.15, 0.2) is 5.13 Å². The van der Waals surface area contributed by atoms with Gasteiger partial charge < -0.3 is 10.6 Å². The first-order chi connectivity index (χ1) is 11.5. The second-order valence-electron chi connectivity index (χ2n) is 6.45. The summed E-state index contributed by atoms with van der Waals surface area (Å²) in [6, 6.07) is 6.32. The average Bonchev–Trinajstić information content (AvgIpc) is 2.97. The van der Waals surface area contributed by atoms with E-state index in [4.69, 9.17) is 11.6 Å². The van der Waals surface area contributed by atoms with Crippen molar-refractivity contribution >= 4 is 34.0 Å². The molecule has 1 aliphatic heterocycles. The number of carbonyl (C=O) groups is 1. The molecule has 3 rings (SSSR count). The Morgan fingerprint density at radius 1 is 1.50 bits per heavy atom. The molecule has 2 N–H and O–H groups in total. The molecular weight excluding hydrogens is 342 g/mol. The first kappa shape index (κ1) is 17.4. The maximum absolute atomic E-state index is 12.4. The molecule has 1 aliphatic rings. The predicted molar refractivity (Wildman–Crippen MR) is 99.9 cm³/mol. The normalized spacial score (nSPS) is 20.8. The highest BCUT2D eigenvalue weighted by Crippen LogP contribution is 2.25. The Bertz CT molecular complexity index is 731. The number of anilines is 1. The monoisotopic (exact) mass is 363 g/mol. The number of piperidine rings is 1. The summed E-state index contributed by atoms with van der Waals surface area (Å²) in [5.41, 5.74) is 2.40. The third-order valence-corrected chi connectivity index (χ3v) is 5.60. The average molecular weight is 364 g/mol. The van der Waals surface area contributed by atoms with Crippen LogP contribution in [-0.4, -0.2) is 23.5 Å². The lowest BCUT2D eigenvalue weighted by molar-refractivity contribution is -0.120. The molecule has 1 amide bonds. The van der Waals surface area contributed by atoms with Crippen molar-refractivity contribution in [3.05, 3.63) is 45.4 Å². The van der Waals surface area contributed by atoms with Gasteiger partial charge in [0, 0.05) is 34.5 Å². The summed E-state index contributed by atoms with van der Waals surface area (Å²) in [5, 5.41) is 7.79. The Balaban J connectivity index is 1.62. The van der Waals surface area contributed by atoms with Crippen molar-refractivity contribution in [2.45, 2.75) is 39.2 Å². The molecule has 4 nitrogen and oxygen atoms in total. The quantitative estimate of drug-likeness (QED) is 0.862. The van der Waals surface area contributed by atoms with Gasteiger partial charge in [-0.3, -0.25) is 4.79 Å². The molecule has 2 heterocycles. The van der Waals surface area contributed by atoms with Gasteiger partial charge in [0.25, 0.3) is 0 Å². The third kappa shape index (κ3) is 4.35. The molecule has 0 bridgehead atoms. The molecule has 0 saturated carbocycles. The summed E-state index contributed by atoms with van der Waals surface area (Å²) in [6.07, 6.45) is 4.42. The molecule has 1 aromatic carbocycles. The summed E-state index contributed by atoms with van der Waals surface area (Å²) < 4.78 is 0. The van der Waals surface area contributed by atoms with E-state index in [-0.39, 0.29) is 11.8 Å². The highest BCUT2D eigenvalue weighted by Gasteiger charge is 2.25. The van der Waals surface area contributed by atoms with Gasteiger partial charge >= 0.3 is 0 Å². The number of benzene rings is 1. The number of nitrogens with one attached hydrogen (secondary N) is 2. The van der Waals surface area contributed by atoms with Gasteiger partial charge in [-0.05, 0) is 56.5 Å². The Labute approximate surface area is 151 Å². The van der Waals surface area contributed by atoms with Crippen LogP contribution in [0.25, 0.3) is 0 Å². The second kappa shape index (κ2) is 7.64. The lowest BCUT2D eigenvalue weighted by Crippen LogP contribution is -2.40. The van der Waals surface area contributed by atoms with Crippen LogP contribution < -0.4 is 10.6 Å². The van der Waals surface area contributed by atoms with Crippen LogP contribution in [0.5, 0.6) is 0 Å². The smallest absolute Gasteiger partial charge is 0.229 e. The Morgan fingerprint density at radius 3 is 3.08 bits per heavy atom. The summed E-state index contributed by atoms with van der Waals surface area (Å²) in [6.45, 7) is 5.08. The summed E-state index contributed by atoms with van der Waals surface area (Å²) in [5.74, 6) is 0.166. The van der Waals surface area contributed by atoms with Crippen LogP contribution in [0, 0.1) is 12.8 Å². The van der Waals surface area contributed by atoms with Crippen LogP contribution in [0.15, 0.2) is 24.4 Å². The van der Waals surface area contributed by atoms with Crippen molar-refractivity contribution in [3.8, 4) is 0 Å². The molecule has 0 radical (unpaired) electrons. The Kier molecular flexibility index (Phi) is 5.54. The van der Waals surface area contributed by atoms with E-state index in [0.29, 0.717) is 11.2 Å². The number of halogens is 1. The molecule has 128 valence electrons. The number of amides is 1. The number of hydrogen-bond donors (Lipinski definition) is 2. The maximum atomic E-state index is 12.4. The number of rotatable bonds is 4. The maximum Gasteiger partial charge on any atom is 0.229 e. The molecule has 1 aromatic heterocycles. The van der Waals surface area contributed by atoms with Crippen molar-refractivity contribution in [3.63, 3.8) is 0 Å². The zero-order chi connectivity index (χ0) is 17.1. The molecule has 0 aliphatic carbocycles. The van der Waals surface area contributed by atoms with Crippen LogP contribution in [0.3, 0.4) is 0 Å². The SMILES string of the molecule is Cc1cc(Cl)ccc1Cc1cnc(NC(=O)[C@H]2CCN[C@@H](C)C2)s1. The number of nitrogens with zero attached hydrogens (tertiary/aromatic N) is 1. The number of hydrogen-bond acceptors (Lipinski definition) is 4. The minimum atomic E-state index is 0.0760. The summed E-state index contributed by atoms with van der Waals surface area (Å²) >= 11 is 7.55. The van der Waals surface area contributed by atoms with E-state index < -0.39 is 0 Å². The fourth-order valence-corrected chi connectivity index (χ4v) is 4.13. The van der Waals surface area contributed by atoms with Crippen molar-refractivity contribution in [2.24, 2.45) is 5.92 Å². The van der Waals surface area contributed by atoms with Crippen LogP contribution >= 0.6 is 22.9 Å². The molecular formula is C18H22ClN3OS. The van der Waals surface area contributed by atoms with Gasteiger partial charge in [-0.15, -0.1) is 11.3 Å². The standard InChI is InChI=1S/C18H22ClN3OS/c1-11-7-15(19)4-3-13(11)9-16-10-21-18(24-16)22-17(23)14-5-6-20-12(2)8-14/h3-4,7,10,12,14,20H,5-6,8-9H2,1-2H3,(H,21,22,23)/t12-,14-/m0/s1. The number of aryl methyl sites for hydroxylation is 1. The molecule has 24 heavy (non-hydrogen) atoms. The van der Waals surface area contributed by atoms with E-state index in [9.17, 15) is 4.79 Å². The first-order valence-corrected chi connectivity index (χ1v) is 9.44. The highest BCUT2D eigenvalue weighted by atomic mass is 35.5. The molecule has 6 heteroatoms. The lowest BCUT2D eigenvalue weighted by atomic mass is 9.93. The third-order valence-electron chi connectivity index (χ3n) is 4.45. The predicted octanol–water partition coefficient (Wildman–Crippen LogP) is 4.02.